The maximum atomic E-state index is 13.3. The molecule has 1 aromatic heterocycles. The fraction of sp³-hybridized carbons (Fsp3) is 0.625. The summed E-state index contributed by atoms with van der Waals surface area (Å²) in [5.74, 6) is -2.28. The third-order valence-corrected chi connectivity index (χ3v) is 5.15. The zero-order chi connectivity index (χ0) is 17.3. The Labute approximate surface area is 149 Å². The van der Waals surface area contributed by atoms with E-state index in [4.69, 9.17) is 23.2 Å². The minimum Gasteiger partial charge on any atom is -0.355 e. The summed E-state index contributed by atoms with van der Waals surface area (Å²) in [6.45, 7) is 1.51. The number of nitrogens with zero attached hydrogens (tertiary/aromatic N) is 3. The molecule has 0 aromatic carbocycles. The number of carbonyl (C=O) groups is 1. The molecule has 2 fully saturated rings. The van der Waals surface area contributed by atoms with Gasteiger partial charge in [0.25, 0.3) is 5.92 Å². The van der Waals surface area contributed by atoms with Crippen LogP contribution < -0.4 is 4.90 Å². The van der Waals surface area contributed by atoms with E-state index in [-0.39, 0.29) is 37.8 Å². The smallest absolute Gasteiger partial charge is 0.251 e. The van der Waals surface area contributed by atoms with E-state index in [1.54, 1.807) is 11.0 Å². The van der Waals surface area contributed by atoms with E-state index in [1.165, 1.54) is 6.20 Å². The van der Waals surface area contributed by atoms with E-state index in [1.807, 2.05) is 4.90 Å². The molecular weight excluding hydrogens is 359 g/mol. The number of aromatic nitrogens is 1. The molecule has 0 aliphatic carbocycles. The van der Waals surface area contributed by atoms with E-state index in [9.17, 15) is 13.6 Å². The average Bonchev–Trinajstić information content (AvgIpc) is 2.54. The Kier molecular flexibility index (Phi) is 5.16. The lowest BCUT2D eigenvalue weighted by molar-refractivity contribution is -0.141. The van der Waals surface area contributed by atoms with Crippen LogP contribution in [0.25, 0.3) is 0 Å². The largest absolute Gasteiger partial charge is 0.355 e. The maximum Gasteiger partial charge on any atom is 0.251 e. The van der Waals surface area contributed by atoms with Crippen LogP contribution in [0.3, 0.4) is 0 Å². The number of hydrogen-bond donors (Lipinski definition) is 0. The van der Waals surface area contributed by atoms with Crippen LogP contribution in [-0.4, -0.2) is 47.9 Å². The van der Waals surface area contributed by atoms with E-state index < -0.39 is 5.92 Å². The Morgan fingerprint density at radius 1 is 1.25 bits per heavy atom. The molecule has 4 nitrogen and oxygen atoms in total. The van der Waals surface area contributed by atoms with Crippen molar-refractivity contribution in [3.63, 3.8) is 0 Å². The van der Waals surface area contributed by atoms with Gasteiger partial charge < -0.3 is 9.80 Å². The lowest BCUT2D eigenvalue weighted by Gasteiger charge is -2.38. The SMILES string of the molecule is O=C(C1CCCN(c2ncc(Cl)cc2Cl)C1)N1CCC(F)(F)CC1. The second kappa shape index (κ2) is 7.00. The van der Waals surface area contributed by atoms with Crippen molar-refractivity contribution in [2.24, 2.45) is 5.92 Å². The van der Waals surface area contributed by atoms with Gasteiger partial charge in [-0.1, -0.05) is 23.2 Å². The van der Waals surface area contributed by atoms with E-state index in [2.05, 4.69) is 4.98 Å². The van der Waals surface area contributed by atoms with Crippen LogP contribution in [0.5, 0.6) is 0 Å². The molecule has 2 saturated heterocycles. The Balaban J connectivity index is 1.66. The lowest BCUT2D eigenvalue weighted by atomic mass is 9.95. The highest BCUT2D eigenvalue weighted by Crippen LogP contribution is 2.32. The van der Waals surface area contributed by atoms with Gasteiger partial charge in [0.05, 0.1) is 16.0 Å². The minimum atomic E-state index is -2.64. The van der Waals surface area contributed by atoms with Gasteiger partial charge in [-0.15, -0.1) is 0 Å². The fourth-order valence-electron chi connectivity index (χ4n) is 3.32. The number of carbonyl (C=O) groups excluding carboxylic acids is 1. The third kappa shape index (κ3) is 3.91. The fourth-order valence-corrected chi connectivity index (χ4v) is 3.82. The van der Waals surface area contributed by atoms with Crippen LogP contribution in [0.4, 0.5) is 14.6 Å². The van der Waals surface area contributed by atoms with Crippen LogP contribution in [0.15, 0.2) is 12.3 Å². The molecule has 8 heteroatoms. The third-order valence-electron chi connectivity index (χ3n) is 4.67. The first kappa shape index (κ1) is 17.7. The molecule has 1 unspecified atom stereocenters. The summed E-state index contributed by atoms with van der Waals surface area (Å²) in [4.78, 5) is 20.5. The number of pyridine rings is 1. The van der Waals surface area contributed by atoms with Crippen LogP contribution in [0.2, 0.25) is 10.0 Å². The summed E-state index contributed by atoms with van der Waals surface area (Å²) < 4.78 is 26.5. The van der Waals surface area contributed by atoms with E-state index >= 15 is 0 Å². The number of halogens is 4. The zero-order valence-corrected chi connectivity index (χ0v) is 14.7. The van der Waals surface area contributed by atoms with Gasteiger partial charge in [0.15, 0.2) is 0 Å². The topological polar surface area (TPSA) is 36.4 Å². The molecule has 0 saturated carbocycles. The predicted molar refractivity (Wildman–Crippen MR) is 90.0 cm³/mol. The molecule has 1 atom stereocenters. The molecule has 1 amide bonds. The molecule has 0 N–H and O–H groups in total. The second-order valence-corrected chi connectivity index (χ2v) is 7.27. The highest BCUT2D eigenvalue weighted by molar-refractivity contribution is 6.36. The molecule has 3 rings (SSSR count). The summed E-state index contributed by atoms with van der Waals surface area (Å²) in [6.07, 6.45) is 2.62. The highest BCUT2D eigenvalue weighted by Gasteiger charge is 2.38. The molecule has 1 aromatic rings. The molecular formula is C16H19Cl2F2N3O. The Morgan fingerprint density at radius 2 is 1.96 bits per heavy atom. The van der Waals surface area contributed by atoms with E-state index in [0.29, 0.717) is 22.4 Å². The summed E-state index contributed by atoms with van der Waals surface area (Å²) in [7, 11) is 0. The molecule has 2 aliphatic heterocycles. The molecule has 2 aliphatic rings. The second-order valence-electron chi connectivity index (χ2n) is 6.43. The summed E-state index contributed by atoms with van der Waals surface area (Å²) in [5, 5.41) is 0.913. The van der Waals surface area contributed by atoms with Crippen molar-refractivity contribution in [1.29, 1.82) is 0 Å². The summed E-state index contributed by atoms with van der Waals surface area (Å²) in [6, 6.07) is 1.63. The first-order valence-corrected chi connectivity index (χ1v) is 8.84. The lowest BCUT2D eigenvalue weighted by Crippen LogP contribution is -2.49. The Morgan fingerprint density at radius 3 is 2.62 bits per heavy atom. The van der Waals surface area contributed by atoms with Crippen molar-refractivity contribution in [1.82, 2.24) is 9.88 Å². The number of anilines is 1. The predicted octanol–water partition coefficient (Wildman–Crippen LogP) is 3.86. The normalized spacial score (nSPS) is 24.1. The van der Waals surface area contributed by atoms with Gasteiger partial charge in [-0.25, -0.2) is 13.8 Å². The molecule has 3 heterocycles. The van der Waals surface area contributed by atoms with Crippen molar-refractivity contribution in [2.75, 3.05) is 31.1 Å². The zero-order valence-electron chi connectivity index (χ0n) is 13.2. The van der Waals surface area contributed by atoms with Crippen LogP contribution >= 0.6 is 23.2 Å². The van der Waals surface area contributed by atoms with Crippen LogP contribution in [0.1, 0.15) is 25.7 Å². The number of rotatable bonds is 2. The maximum absolute atomic E-state index is 13.3. The summed E-state index contributed by atoms with van der Waals surface area (Å²) in [5.41, 5.74) is 0. The number of amides is 1. The molecule has 0 spiro atoms. The van der Waals surface area contributed by atoms with Gasteiger partial charge in [0.2, 0.25) is 5.91 Å². The van der Waals surface area contributed by atoms with Crippen molar-refractivity contribution < 1.29 is 13.6 Å². The van der Waals surface area contributed by atoms with Gasteiger partial charge in [0, 0.05) is 45.2 Å². The van der Waals surface area contributed by atoms with Crippen molar-refractivity contribution in [3.8, 4) is 0 Å². The van der Waals surface area contributed by atoms with E-state index in [0.717, 1.165) is 19.4 Å². The summed E-state index contributed by atoms with van der Waals surface area (Å²) >= 11 is 12.1. The molecule has 0 radical (unpaired) electrons. The van der Waals surface area contributed by atoms with Crippen molar-refractivity contribution in [3.05, 3.63) is 22.3 Å². The monoisotopic (exact) mass is 377 g/mol. The first-order chi connectivity index (χ1) is 11.4. The number of piperidine rings is 2. The van der Waals surface area contributed by atoms with Gasteiger partial charge in [-0.2, -0.15) is 0 Å². The first-order valence-electron chi connectivity index (χ1n) is 8.08. The highest BCUT2D eigenvalue weighted by atomic mass is 35.5. The van der Waals surface area contributed by atoms with Crippen LogP contribution in [-0.2, 0) is 4.79 Å². The number of hydrogen-bond acceptors (Lipinski definition) is 3. The molecule has 132 valence electrons. The van der Waals surface area contributed by atoms with Crippen molar-refractivity contribution in [2.45, 2.75) is 31.6 Å². The van der Waals surface area contributed by atoms with Crippen LogP contribution in [0, 0.1) is 5.92 Å². The van der Waals surface area contributed by atoms with Gasteiger partial charge >= 0.3 is 0 Å². The van der Waals surface area contributed by atoms with Gasteiger partial charge in [-0.05, 0) is 18.9 Å². The average molecular weight is 378 g/mol. The Bertz CT molecular complexity index is 619. The number of likely N-dealkylation sites (tertiary alicyclic amines) is 1. The van der Waals surface area contributed by atoms with Gasteiger partial charge in [0.1, 0.15) is 5.82 Å². The van der Waals surface area contributed by atoms with Gasteiger partial charge in [-0.3, -0.25) is 4.79 Å². The number of alkyl halides is 2. The standard InChI is InChI=1S/C16H19Cl2F2N3O/c17-12-8-13(18)14(21-9-12)23-5-1-2-11(10-23)15(24)22-6-3-16(19,20)4-7-22/h8-9,11H,1-7,10H2. The molecule has 0 bridgehead atoms. The quantitative estimate of drug-likeness (QED) is 0.784. The minimum absolute atomic E-state index is 0.0414. The molecule has 24 heavy (non-hydrogen) atoms. The Hall–Kier alpha value is -1.14. The van der Waals surface area contributed by atoms with Crippen molar-refractivity contribution >= 4 is 34.9 Å².